The summed E-state index contributed by atoms with van der Waals surface area (Å²) in [6.07, 6.45) is 9.78. The lowest BCUT2D eigenvalue weighted by atomic mass is 9.69. The van der Waals surface area contributed by atoms with E-state index >= 15 is 0 Å². The molecule has 0 aromatic rings. The van der Waals surface area contributed by atoms with E-state index in [-0.39, 0.29) is 5.54 Å². The second kappa shape index (κ2) is 6.79. The first kappa shape index (κ1) is 16.3. The molecule has 1 aliphatic heterocycles. The number of fused-ring (bicyclic) bond motifs is 1. The van der Waals surface area contributed by atoms with Crippen LogP contribution in [0, 0.1) is 11.8 Å². The van der Waals surface area contributed by atoms with Crippen LogP contribution in [0.25, 0.3) is 0 Å². The predicted octanol–water partition coefficient (Wildman–Crippen LogP) is 4.48. The van der Waals surface area contributed by atoms with E-state index in [2.05, 4.69) is 32.6 Å². The van der Waals surface area contributed by atoms with Crippen molar-refractivity contribution in [3.63, 3.8) is 0 Å². The highest BCUT2D eigenvalue weighted by atomic mass is 16.5. The summed E-state index contributed by atoms with van der Waals surface area (Å²) in [5.41, 5.74) is 0.287. The number of hydrogen-bond donors (Lipinski definition) is 0. The molecule has 0 bridgehead atoms. The van der Waals surface area contributed by atoms with Crippen LogP contribution in [0.4, 0.5) is 0 Å². The van der Waals surface area contributed by atoms with Crippen molar-refractivity contribution in [1.29, 1.82) is 0 Å². The molecule has 0 spiro atoms. The first-order valence-corrected chi connectivity index (χ1v) is 8.77. The maximum Gasteiger partial charge on any atom is 0.0646 e. The zero-order valence-electron chi connectivity index (χ0n) is 14.3. The SMILES string of the molecule is COCC1(CC(C)C)CCC2CCCCC2N1C(C)C. The van der Waals surface area contributed by atoms with Gasteiger partial charge in [-0.05, 0) is 57.8 Å². The van der Waals surface area contributed by atoms with Gasteiger partial charge in [0.25, 0.3) is 0 Å². The van der Waals surface area contributed by atoms with Crippen molar-refractivity contribution in [2.75, 3.05) is 13.7 Å². The van der Waals surface area contributed by atoms with Gasteiger partial charge in [-0.15, -0.1) is 0 Å². The molecule has 0 amide bonds. The third kappa shape index (κ3) is 3.22. The molecule has 0 aromatic heterocycles. The van der Waals surface area contributed by atoms with Crippen molar-refractivity contribution in [2.24, 2.45) is 11.8 Å². The molecule has 1 heterocycles. The zero-order chi connectivity index (χ0) is 14.8. The van der Waals surface area contributed by atoms with Crippen LogP contribution in [0.15, 0.2) is 0 Å². The number of likely N-dealkylation sites (tertiary alicyclic amines) is 1. The van der Waals surface area contributed by atoms with Crippen LogP contribution >= 0.6 is 0 Å². The van der Waals surface area contributed by atoms with Crippen LogP contribution in [0.1, 0.15) is 72.6 Å². The summed E-state index contributed by atoms with van der Waals surface area (Å²) in [5, 5.41) is 0. The normalized spacial score (nSPS) is 35.5. The van der Waals surface area contributed by atoms with Crippen LogP contribution in [-0.2, 0) is 4.74 Å². The van der Waals surface area contributed by atoms with E-state index in [4.69, 9.17) is 4.74 Å². The van der Waals surface area contributed by atoms with Crippen molar-refractivity contribution in [1.82, 2.24) is 4.90 Å². The summed E-state index contributed by atoms with van der Waals surface area (Å²) < 4.78 is 5.70. The van der Waals surface area contributed by atoms with Crippen LogP contribution in [0.5, 0.6) is 0 Å². The molecule has 2 aliphatic rings. The van der Waals surface area contributed by atoms with E-state index in [1.54, 1.807) is 0 Å². The fraction of sp³-hybridized carbons (Fsp3) is 1.00. The lowest BCUT2D eigenvalue weighted by molar-refractivity contribution is -0.107. The van der Waals surface area contributed by atoms with Gasteiger partial charge >= 0.3 is 0 Å². The number of rotatable bonds is 5. The van der Waals surface area contributed by atoms with Gasteiger partial charge in [0.05, 0.1) is 6.61 Å². The van der Waals surface area contributed by atoms with Crippen molar-refractivity contribution in [3.05, 3.63) is 0 Å². The van der Waals surface area contributed by atoms with E-state index in [1.165, 1.54) is 44.9 Å². The van der Waals surface area contributed by atoms with Gasteiger partial charge in [0.1, 0.15) is 0 Å². The third-order valence-electron chi connectivity index (χ3n) is 5.51. The number of ether oxygens (including phenoxy) is 1. The summed E-state index contributed by atoms with van der Waals surface area (Å²) in [7, 11) is 1.88. The quantitative estimate of drug-likeness (QED) is 0.736. The molecular formula is C18H35NO. The lowest BCUT2D eigenvalue weighted by Crippen LogP contribution is -2.64. The summed E-state index contributed by atoms with van der Waals surface area (Å²) in [6, 6.07) is 1.45. The number of methoxy groups -OCH3 is 1. The highest BCUT2D eigenvalue weighted by molar-refractivity contribution is 5.03. The Labute approximate surface area is 126 Å². The van der Waals surface area contributed by atoms with Crippen molar-refractivity contribution in [2.45, 2.75) is 90.3 Å². The monoisotopic (exact) mass is 281 g/mol. The molecular weight excluding hydrogens is 246 g/mol. The van der Waals surface area contributed by atoms with Gasteiger partial charge in [-0.3, -0.25) is 4.90 Å². The van der Waals surface area contributed by atoms with Crippen LogP contribution in [0.3, 0.4) is 0 Å². The van der Waals surface area contributed by atoms with Crippen molar-refractivity contribution >= 4 is 0 Å². The van der Waals surface area contributed by atoms with Gasteiger partial charge in [0, 0.05) is 24.7 Å². The lowest BCUT2D eigenvalue weighted by Gasteiger charge is -2.58. The Morgan fingerprint density at radius 3 is 2.40 bits per heavy atom. The minimum Gasteiger partial charge on any atom is -0.383 e. The van der Waals surface area contributed by atoms with E-state index in [9.17, 15) is 0 Å². The molecule has 0 aromatic carbocycles. The van der Waals surface area contributed by atoms with Gasteiger partial charge in [-0.1, -0.05) is 26.7 Å². The molecule has 3 unspecified atom stereocenters. The van der Waals surface area contributed by atoms with E-state index in [0.717, 1.165) is 24.5 Å². The number of hydrogen-bond acceptors (Lipinski definition) is 2. The largest absolute Gasteiger partial charge is 0.383 e. The molecule has 118 valence electrons. The van der Waals surface area contributed by atoms with Crippen LogP contribution in [0.2, 0.25) is 0 Å². The summed E-state index contributed by atoms with van der Waals surface area (Å²) in [5.74, 6) is 1.69. The Morgan fingerprint density at radius 1 is 1.10 bits per heavy atom. The first-order valence-electron chi connectivity index (χ1n) is 8.77. The number of piperidine rings is 1. The van der Waals surface area contributed by atoms with Gasteiger partial charge in [-0.2, -0.15) is 0 Å². The molecule has 2 rings (SSSR count). The minimum absolute atomic E-state index is 0.287. The Hall–Kier alpha value is -0.0800. The molecule has 1 aliphatic carbocycles. The summed E-state index contributed by atoms with van der Waals surface area (Å²) in [6.45, 7) is 10.4. The molecule has 2 nitrogen and oxygen atoms in total. The molecule has 3 atom stereocenters. The summed E-state index contributed by atoms with van der Waals surface area (Å²) >= 11 is 0. The summed E-state index contributed by atoms with van der Waals surface area (Å²) in [4.78, 5) is 2.88. The minimum atomic E-state index is 0.287. The molecule has 2 heteroatoms. The molecule has 0 N–H and O–H groups in total. The smallest absolute Gasteiger partial charge is 0.0646 e. The maximum atomic E-state index is 5.70. The molecule has 1 saturated heterocycles. The van der Waals surface area contributed by atoms with Gasteiger partial charge < -0.3 is 4.74 Å². The zero-order valence-corrected chi connectivity index (χ0v) is 14.3. The Morgan fingerprint density at radius 2 is 1.80 bits per heavy atom. The first-order chi connectivity index (χ1) is 9.50. The van der Waals surface area contributed by atoms with Crippen molar-refractivity contribution < 1.29 is 4.74 Å². The Bertz CT molecular complexity index is 302. The topological polar surface area (TPSA) is 12.5 Å². The van der Waals surface area contributed by atoms with Crippen LogP contribution < -0.4 is 0 Å². The standard InChI is InChI=1S/C18H35NO/c1-14(2)12-18(13-20-5)11-10-16-8-6-7-9-17(16)19(18)15(3)4/h14-17H,6-13H2,1-5H3. The fourth-order valence-corrected chi connectivity index (χ4v) is 5.20. The molecule has 2 fully saturated rings. The maximum absolute atomic E-state index is 5.70. The van der Waals surface area contributed by atoms with E-state index in [0.29, 0.717) is 6.04 Å². The Kier molecular flexibility index (Phi) is 5.53. The number of nitrogens with zero attached hydrogens (tertiary/aromatic N) is 1. The second-order valence-electron chi connectivity index (χ2n) is 7.91. The third-order valence-corrected chi connectivity index (χ3v) is 5.51. The van der Waals surface area contributed by atoms with Gasteiger partial charge in [-0.25, -0.2) is 0 Å². The van der Waals surface area contributed by atoms with Crippen molar-refractivity contribution in [3.8, 4) is 0 Å². The van der Waals surface area contributed by atoms with Gasteiger partial charge in [0.15, 0.2) is 0 Å². The average molecular weight is 281 g/mol. The molecule has 1 saturated carbocycles. The predicted molar refractivity (Wildman–Crippen MR) is 86.0 cm³/mol. The van der Waals surface area contributed by atoms with Gasteiger partial charge in [0.2, 0.25) is 0 Å². The highest BCUT2D eigenvalue weighted by Gasteiger charge is 2.48. The van der Waals surface area contributed by atoms with E-state index < -0.39 is 0 Å². The fourth-order valence-electron chi connectivity index (χ4n) is 5.20. The molecule has 20 heavy (non-hydrogen) atoms. The molecule has 0 radical (unpaired) electrons. The highest BCUT2D eigenvalue weighted by Crippen LogP contribution is 2.46. The Balaban J connectivity index is 2.27. The average Bonchev–Trinajstić information content (AvgIpc) is 2.37. The van der Waals surface area contributed by atoms with E-state index in [1.807, 2.05) is 7.11 Å². The second-order valence-corrected chi connectivity index (χ2v) is 7.91. The van der Waals surface area contributed by atoms with Crippen LogP contribution in [-0.4, -0.2) is 36.2 Å².